The summed E-state index contributed by atoms with van der Waals surface area (Å²) in [6, 6.07) is 18.4. The van der Waals surface area contributed by atoms with Gasteiger partial charge in [0.05, 0.1) is 5.69 Å². The molecule has 0 unspecified atom stereocenters. The molecule has 0 saturated carbocycles. The number of nitrogens with zero attached hydrogens (tertiary/aromatic N) is 3. The zero-order valence-electron chi connectivity index (χ0n) is 15.5. The highest BCUT2D eigenvalue weighted by atomic mass is 35.5. The van der Waals surface area contributed by atoms with Gasteiger partial charge in [-0.05, 0) is 38.1 Å². The molecule has 28 heavy (non-hydrogen) atoms. The summed E-state index contributed by atoms with van der Waals surface area (Å²) in [7, 11) is 0. The minimum absolute atomic E-state index is 0.0278. The molecule has 0 N–H and O–H groups in total. The van der Waals surface area contributed by atoms with Gasteiger partial charge in [-0.1, -0.05) is 48.0 Å². The van der Waals surface area contributed by atoms with Crippen molar-refractivity contribution in [2.24, 2.45) is 0 Å². The van der Waals surface area contributed by atoms with Gasteiger partial charge < -0.3 is 4.74 Å². The van der Waals surface area contributed by atoms with Crippen LogP contribution in [0.2, 0.25) is 5.02 Å². The molecule has 140 valence electrons. The van der Waals surface area contributed by atoms with Gasteiger partial charge in [0.25, 0.3) is 5.91 Å². The topological polar surface area (TPSA) is 67.9 Å². The van der Waals surface area contributed by atoms with Crippen LogP contribution in [-0.2, 0) is 6.61 Å². The van der Waals surface area contributed by atoms with Crippen molar-refractivity contribution >= 4 is 23.6 Å². The Hall–Kier alpha value is -3.36. The van der Waals surface area contributed by atoms with Crippen molar-refractivity contribution in [2.45, 2.75) is 20.5 Å². The molecular weight excluding hydrogens is 374 g/mol. The predicted octanol–water partition coefficient (Wildman–Crippen LogP) is 4.98. The average molecular weight is 392 g/mol. The maximum atomic E-state index is 12.7. The number of para-hydroxylation sites is 1. The molecule has 0 aliphatic heterocycles. The molecular formula is C22H18ClN3O2. The highest BCUT2D eigenvalue weighted by molar-refractivity contribution is 6.31. The van der Waals surface area contributed by atoms with E-state index in [0.717, 1.165) is 5.56 Å². The van der Waals surface area contributed by atoms with Crippen molar-refractivity contribution < 1.29 is 9.53 Å². The third-order valence-electron chi connectivity index (χ3n) is 4.11. The van der Waals surface area contributed by atoms with E-state index in [1.807, 2.05) is 36.4 Å². The van der Waals surface area contributed by atoms with Gasteiger partial charge >= 0.3 is 0 Å². The highest BCUT2D eigenvalue weighted by Gasteiger charge is 2.16. The average Bonchev–Trinajstić information content (AvgIpc) is 3.03. The van der Waals surface area contributed by atoms with E-state index in [2.05, 4.69) is 5.10 Å². The van der Waals surface area contributed by atoms with E-state index in [1.54, 1.807) is 38.1 Å². The van der Waals surface area contributed by atoms with Crippen molar-refractivity contribution in [1.29, 1.82) is 5.26 Å². The molecule has 6 heteroatoms. The Morgan fingerprint density at radius 2 is 1.93 bits per heavy atom. The normalized spacial score (nSPS) is 11.1. The molecule has 2 aromatic carbocycles. The molecule has 0 amide bonds. The van der Waals surface area contributed by atoms with E-state index in [9.17, 15) is 10.1 Å². The number of hydrogen-bond acceptors (Lipinski definition) is 4. The monoisotopic (exact) mass is 391 g/mol. The van der Waals surface area contributed by atoms with Gasteiger partial charge in [-0.3, -0.25) is 4.79 Å². The van der Waals surface area contributed by atoms with Crippen LogP contribution in [0.4, 0.5) is 0 Å². The zero-order chi connectivity index (χ0) is 20.1. The van der Waals surface area contributed by atoms with Gasteiger partial charge in [0, 0.05) is 21.8 Å². The van der Waals surface area contributed by atoms with Gasteiger partial charge in [0.15, 0.2) is 0 Å². The summed E-state index contributed by atoms with van der Waals surface area (Å²) in [5.74, 6) is 0.0744. The molecule has 5 nitrogen and oxygen atoms in total. The smallest absolute Gasteiger partial charge is 0.289 e. The second kappa shape index (κ2) is 8.55. The Kier molecular flexibility index (Phi) is 5.93. The van der Waals surface area contributed by atoms with E-state index in [4.69, 9.17) is 16.3 Å². The molecule has 0 fully saturated rings. The fraction of sp³-hybridized carbons (Fsp3) is 0.136. The number of carbonyl (C=O) groups excluding carboxylic acids is 1. The van der Waals surface area contributed by atoms with Gasteiger partial charge in [-0.2, -0.15) is 10.4 Å². The number of halogens is 1. The van der Waals surface area contributed by atoms with Crippen molar-refractivity contribution in [3.05, 3.63) is 87.7 Å². The summed E-state index contributed by atoms with van der Waals surface area (Å²) in [6.45, 7) is 3.84. The molecule has 1 heterocycles. The number of aromatic nitrogens is 2. The number of rotatable bonds is 5. The van der Waals surface area contributed by atoms with Crippen molar-refractivity contribution in [3.63, 3.8) is 0 Å². The SMILES string of the molecule is Cc1cc(C)n(C(=O)/C(C#N)=C/c2ccccc2OCc2ccccc2Cl)n1. The van der Waals surface area contributed by atoms with E-state index in [0.29, 0.717) is 27.7 Å². The first-order chi connectivity index (χ1) is 13.5. The van der Waals surface area contributed by atoms with Crippen molar-refractivity contribution in [3.8, 4) is 11.8 Å². The molecule has 3 aromatic rings. The van der Waals surface area contributed by atoms with Crippen molar-refractivity contribution in [2.75, 3.05) is 0 Å². The van der Waals surface area contributed by atoms with Crippen LogP contribution in [0.5, 0.6) is 5.75 Å². The molecule has 0 aliphatic carbocycles. The van der Waals surface area contributed by atoms with Crippen LogP contribution in [0, 0.1) is 25.2 Å². The predicted molar refractivity (Wildman–Crippen MR) is 108 cm³/mol. The first kappa shape index (κ1) is 19.4. The van der Waals surface area contributed by atoms with E-state index in [-0.39, 0.29) is 12.2 Å². The Bertz CT molecular complexity index is 1090. The number of nitriles is 1. The lowest BCUT2D eigenvalue weighted by Crippen LogP contribution is -2.15. The Balaban J connectivity index is 1.88. The lowest BCUT2D eigenvalue weighted by Gasteiger charge is -2.11. The first-order valence-electron chi connectivity index (χ1n) is 8.64. The molecule has 0 saturated heterocycles. The summed E-state index contributed by atoms with van der Waals surface area (Å²) in [4.78, 5) is 12.7. The fourth-order valence-corrected chi connectivity index (χ4v) is 2.94. The maximum absolute atomic E-state index is 12.7. The Morgan fingerprint density at radius 3 is 2.61 bits per heavy atom. The van der Waals surface area contributed by atoms with Crippen LogP contribution in [0.15, 0.2) is 60.2 Å². The summed E-state index contributed by atoms with van der Waals surface area (Å²) in [5, 5.41) is 14.3. The summed E-state index contributed by atoms with van der Waals surface area (Å²) in [6.07, 6.45) is 1.51. The second-order valence-corrected chi connectivity index (χ2v) is 6.64. The number of benzene rings is 2. The Labute approximate surface area is 168 Å². The summed E-state index contributed by atoms with van der Waals surface area (Å²) in [5.41, 5.74) is 2.83. The van der Waals surface area contributed by atoms with E-state index in [1.165, 1.54) is 10.8 Å². The molecule has 0 spiro atoms. The summed E-state index contributed by atoms with van der Waals surface area (Å²) < 4.78 is 7.12. The van der Waals surface area contributed by atoms with Gasteiger partial charge in [-0.15, -0.1) is 0 Å². The van der Waals surface area contributed by atoms with E-state index < -0.39 is 5.91 Å². The van der Waals surface area contributed by atoms with E-state index >= 15 is 0 Å². The number of hydrogen-bond donors (Lipinski definition) is 0. The van der Waals surface area contributed by atoms with Crippen molar-refractivity contribution in [1.82, 2.24) is 9.78 Å². The first-order valence-corrected chi connectivity index (χ1v) is 9.02. The van der Waals surface area contributed by atoms with Crippen LogP contribution in [0.1, 0.15) is 27.3 Å². The van der Waals surface area contributed by atoms with Crippen LogP contribution < -0.4 is 4.74 Å². The maximum Gasteiger partial charge on any atom is 0.289 e. The third-order valence-corrected chi connectivity index (χ3v) is 4.48. The number of aryl methyl sites for hydroxylation is 2. The quantitative estimate of drug-likeness (QED) is 0.454. The standard InChI is InChI=1S/C22H18ClN3O2/c1-15-11-16(2)26(25-15)22(27)19(13-24)12-17-7-4-6-10-21(17)28-14-18-8-3-5-9-20(18)23/h3-12H,14H2,1-2H3/b19-12+. The zero-order valence-corrected chi connectivity index (χ0v) is 16.3. The van der Waals surface area contributed by atoms with Crippen LogP contribution in [0.25, 0.3) is 6.08 Å². The highest BCUT2D eigenvalue weighted by Crippen LogP contribution is 2.24. The second-order valence-electron chi connectivity index (χ2n) is 6.23. The Morgan fingerprint density at radius 1 is 1.21 bits per heavy atom. The summed E-state index contributed by atoms with van der Waals surface area (Å²) >= 11 is 6.17. The largest absolute Gasteiger partial charge is 0.488 e. The third kappa shape index (κ3) is 4.30. The number of carbonyl (C=O) groups is 1. The molecule has 0 radical (unpaired) electrons. The minimum Gasteiger partial charge on any atom is -0.488 e. The number of allylic oxidation sites excluding steroid dienone is 1. The van der Waals surface area contributed by atoms with Crippen LogP contribution in [-0.4, -0.2) is 15.7 Å². The molecule has 0 atom stereocenters. The number of ether oxygens (including phenoxy) is 1. The van der Waals surface area contributed by atoms with Gasteiger partial charge in [-0.25, -0.2) is 4.68 Å². The minimum atomic E-state index is -0.478. The molecule has 0 aliphatic rings. The lowest BCUT2D eigenvalue weighted by atomic mass is 10.1. The lowest BCUT2D eigenvalue weighted by molar-refractivity contribution is 0.0943. The molecule has 0 bridgehead atoms. The van der Waals surface area contributed by atoms with Gasteiger partial charge in [0.2, 0.25) is 0 Å². The van der Waals surface area contributed by atoms with Crippen LogP contribution in [0.3, 0.4) is 0 Å². The molecule has 1 aromatic heterocycles. The van der Waals surface area contributed by atoms with Crippen LogP contribution >= 0.6 is 11.6 Å². The fourth-order valence-electron chi connectivity index (χ4n) is 2.75. The molecule has 3 rings (SSSR count). The van der Waals surface area contributed by atoms with Gasteiger partial charge in [0.1, 0.15) is 24.0 Å².